The van der Waals surface area contributed by atoms with Crippen molar-refractivity contribution in [3.8, 4) is 0 Å². The topological polar surface area (TPSA) is 138 Å². The van der Waals surface area contributed by atoms with Gasteiger partial charge in [0.1, 0.15) is 16.4 Å². The number of amides is 3. The fraction of sp³-hybridized carbons (Fsp3) is 0.286. The van der Waals surface area contributed by atoms with Gasteiger partial charge < -0.3 is 15.2 Å². The molecule has 0 aliphatic carbocycles. The standard InChI is InChI=1S/C14H14N4O6S3/c1-3-24-11(22)8(6-5-26-13(16-6)17-12(23)15-2)9-10(21)18(4-7(19)20)14(25)27-9/h5H,3-4H2,1-2H3,(H,19,20)(H2,15,16,17,23)/b9-8-. The number of carbonyl (C=O) groups is 4. The Balaban J connectivity index is 2.46. The summed E-state index contributed by atoms with van der Waals surface area (Å²) in [4.78, 5) is 52.3. The highest BCUT2D eigenvalue weighted by atomic mass is 32.2. The SMILES string of the molecule is CCOC(=O)/C(=C1\SC(=S)N(CC(=O)O)C1=O)c1csc(NC(=O)NC)n1. The number of hydrogen-bond donors (Lipinski definition) is 3. The molecule has 0 atom stereocenters. The van der Waals surface area contributed by atoms with Crippen LogP contribution in [-0.4, -0.2) is 63.4 Å². The number of rotatable bonds is 6. The quantitative estimate of drug-likeness (QED) is 0.344. The van der Waals surface area contributed by atoms with Crippen LogP contribution in [-0.2, 0) is 19.1 Å². The van der Waals surface area contributed by atoms with Crippen LogP contribution in [0.25, 0.3) is 5.57 Å². The van der Waals surface area contributed by atoms with Crippen molar-refractivity contribution in [2.24, 2.45) is 0 Å². The molecule has 0 radical (unpaired) electrons. The van der Waals surface area contributed by atoms with E-state index >= 15 is 0 Å². The number of thiocarbonyl (C=S) groups is 1. The first-order valence-electron chi connectivity index (χ1n) is 7.40. The molecule has 1 aromatic rings. The van der Waals surface area contributed by atoms with E-state index in [-0.39, 0.29) is 32.2 Å². The number of thiazole rings is 1. The summed E-state index contributed by atoms with van der Waals surface area (Å²) in [5.74, 6) is -2.76. The van der Waals surface area contributed by atoms with Gasteiger partial charge in [-0.15, -0.1) is 11.3 Å². The third-order valence-electron chi connectivity index (χ3n) is 3.06. The fourth-order valence-electron chi connectivity index (χ4n) is 1.94. The number of aliphatic carboxylic acids is 1. The highest BCUT2D eigenvalue weighted by Gasteiger charge is 2.38. The van der Waals surface area contributed by atoms with Gasteiger partial charge in [-0.25, -0.2) is 14.6 Å². The molecule has 0 bridgehead atoms. The molecule has 2 heterocycles. The molecule has 0 unspecified atom stereocenters. The lowest BCUT2D eigenvalue weighted by Crippen LogP contribution is -2.33. The van der Waals surface area contributed by atoms with Crippen LogP contribution in [0.3, 0.4) is 0 Å². The second-order valence-corrected chi connectivity index (χ2v) is 7.32. The third-order valence-corrected chi connectivity index (χ3v) is 5.26. The summed E-state index contributed by atoms with van der Waals surface area (Å²) in [5, 5.41) is 15.4. The van der Waals surface area contributed by atoms with Gasteiger partial charge in [0.25, 0.3) is 5.91 Å². The zero-order valence-corrected chi connectivity index (χ0v) is 16.5. The molecule has 0 spiro atoms. The Labute approximate surface area is 167 Å². The number of nitrogens with one attached hydrogen (secondary N) is 2. The minimum absolute atomic E-state index is 0.0122. The normalized spacial score (nSPS) is 15.6. The van der Waals surface area contributed by atoms with Gasteiger partial charge in [0.05, 0.1) is 17.2 Å². The van der Waals surface area contributed by atoms with Crippen molar-refractivity contribution < 1.29 is 29.0 Å². The van der Waals surface area contributed by atoms with Crippen LogP contribution in [0.15, 0.2) is 10.3 Å². The van der Waals surface area contributed by atoms with Gasteiger partial charge in [0.2, 0.25) is 0 Å². The van der Waals surface area contributed by atoms with Gasteiger partial charge in [-0.3, -0.25) is 19.8 Å². The molecule has 27 heavy (non-hydrogen) atoms. The number of urea groups is 1. The van der Waals surface area contributed by atoms with Gasteiger partial charge in [-0.2, -0.15) is 0 Å². The number of thioether (sulfide) groups is 1. The highest BCUT2D eigenvalue weighted by molar-refractivity contribution is 8.26. The predicted octanol–water partition coefficient (Wildman–Crippen LogP) is 1.11. The highest BCUT2D eigenvalue weighted by Crippen LogP contribution is 2.38. The second kappa shape index (κ2) is 8.92. The molecule has 0 saturated carbocycles. The molecule has 0 aromatic carbocycles. The largest absolute Gasteiger partial charge is 0.480 e. The Morgan fingerprint density at radius 1 is 1.41 bits per heavy atom. The number of carboxylic acid groups (broad SMARTS) is 1. The first-order chi connectivity index (χ1) is 12.8. The summed E-state index contributed by atoms with van der Waals surface area (Å²) in [6, 6.07) is -0.499. The van der Waals surface area contributed by atoms with Crippen molar-refractivity contribution in [2.45, 2.75) is 6.92 Å². The van der Waals surface area contributed by atoms with Crippen LogP contribution in [0.4, 0.5) is 9.93 Å². The molecule has 1 aromatic heterocycles. The lowest BCUT2D eigenvalue weighted by molar-refractivity contribution is -0.140. The Morgan fingerprint density at radius 3 is 2.70 bits per heavy atom. The molecule has 1 aliphatic rings. The van der Waals surface area contributed by atoms with E-state index in [2.05, 4.69) is 15.6 Å². The molecule has 1 fully saturated rings. The molecule has 13 heteroatoms. The molecule has 1 aliphatic heterocycles. The summed E-state index contributed by atoms with van der Waals surface area (Å²) in [7, 11) is 1.43. The lowest BCUT2D eigenvalue weighted by atomic mass is 10.2. The average molecular weight is 430 g/mol. The van der Waals surface area contributed by atoms with Crippen LogP contribution < -0.4 is 10.6 Å². The van der Waals surface area contributed by atoms with Crippen molar-refractivity contribution in [1.82, 2.24) is 15.2 Å². The Hall–Kier alpha value is -2.51. The van der Waals surface area contributed by atoms with E-state index in [4.69, 9.17) is 22.1 Å². The van der Waals surface area contributed by atoms with E-state index in [1.165, 1.54) is 12.4 Å². The zero-order chi connectivity index (χ0) is 20.1. The van der Waals surface area contributed by atoms with Crippen LogP contribution in [0.5, 0.6) is 0 Å². The average Bonchev–Trinajstić information content (AvgIpc) is 3.15. The van der Waals surface area contributed by atoms with Gasteiger partial charge in [-0.05, 0) is 6.92 Å². The number of carbonyl (C=O) groups excluding carboxylic acids is 3. The predicted molar refractivity (Wildman–Crippen MR) is 103 cm³/mol. The smallest absolute Gasteiger partial charge is 0.341 e. The van der Waals surface area contributed by atoms with Gasteiger partial charge in [0, 0.05) is 12.4 Å². The molecular weight excluding hydrogens is 416 g/mol. The van der Waals surface area contributed by atoms with Crippen LogP contribution >= 0.6 is 35.3 Å². The number of esters is 1. The van der Waals surface area contributed by atoms with Crippen LogP contribution in [0.1, 0.15) is 12.6 Å². The summed E-state index contributed by atoms with van der Waals surface area (Å²) in [6.07, 6.45) is 0. The van der Waals surface area contributed by atoms with E-state index in [1.54, 1.807) is 6.92 Å². The van der Waals surface area contributed by atoms with E-state index in [9.17, 15) is 19.2 Å². The van der Waals surface area contributed by atoms with E-state index < -0.39 is 30.4 Å². The maximum absolute atomic E-state index is 12.6. The van der Waals surface area contributed by atoms with Crippen molar-refractivity contribution in [2.75, 3.05) is 25.5 Å². The van der Waals surface area contributed by atoms with Crippen molar-refractivity contribution in [3.05, 3.63) is 16.0 Å². The first-order valence-corrected chi connectivity index (χ1v) is 9.50. The summed E-state index contributed by atoms with van der Waals surface area (Å²) >= 11 is 6.89. The van der Waals surface area contributed by atoms with Gasteiger partial charge >= 0.3 is 18.0 Å². The van der Waals surface area contributed by atoms with Crippen LogP contribution in [0.2, 0.25) is 0 Å². The maximum atomic E-state index is 12.6. The Kier molecular flexibility index (Phi) is 6.87. The molecule has 3 N–H and O–H groups in total. The number of anilines is 1. The van der Waals surface area contributed by atoms with E-state index in [0.717, 1.165) is 28.0 Å². The number of hydrogen-bond acceptors (Lipinski definition) is 9. The maximum Gasteiger partial charge on any atom is 0.341 e. The molecule has 1 saturated heterocycles. The van der Waals surface area contributed by atoms with Crippen molar-refractivity contribution >= 4 is 74.2 Å². The lowest BCUT2D eigenvalue weighted by Gasteiger charge is -2.11. The monoisotopic (exact) mass is 430 g/mol. The Bertz CT molecular complexity index is 850. The number of carboxylic acids is 1. The minimum Gasteiger partial charge on any atom is -0.480 e. The fourth-order valence-corrected chi connectivity index (χ4v) is 3.96. The molecule has 3 amide bonds. The third kappa shape index (κ3) is 4.81. The van der Waals surface area contributed by atoms with E-state index in [1.807, 2.05) is 0 Å². The minimum atomic E-state index is -1.24. The summed E-state index contributed by atoms with van der Waals surface area (Å²) in [6.45, 7) is 1.04. The first kappa shape index (κ1) is 20.8. The van der Waals surface area contributed by atoms with E-state index in [0.29, 0.717) is 0 Å². The number of nitrogens with zero attached hydrogens (tertiary/aromatic N) is 2. The number of aromatic nitrogens is 1. The molecule has 2 rings (SSSR count). The van der Waals surface area contributed by atoms with Gasteiger partial charge in [-0.1, -0.05) is 24.0 Å². The van der Waals surface area contributed by atoms with Crippen molar-refractivity contribution in [1.29, 1.82) is 0 Å². The summed E-state index contributed by atoms with van der Waals surface area (Å²) in [5.41, 5.74) is -0.0241. The Morgan fingerprint density at radius 2 is 2.11 bits per heavy atom. The molecular formula is C14H14N4O6S3. The van der Waals surface area contributed by atoms with Gasteiger partial charge in [0.15, 0.2) is 5.13 Å². The zero-order valence-electron chi connectivity index (χ0n) is 14.1. The van der Waals surface area contributed by atoms with Crippen LogP contribution in [0, 0.1) is 0 Å². The van der Waals surface area contributed by atoms with Crippen molar-refractivity contribution in [3.63, 3.8) is 0 Å². The molecule has 144 valence electrons. The molecule has 10 nitrogen and oxygen atoms in total. The summed E-state index contributed by atoms with van der Waals surface area (Å²) < 4.78 is 5.02. The number of ether oxygens (including phenoxy) is 1. The second-order valence-electron chi connectivity index (χ2n) is 4.82.